The molecule has 0 radical (unpaired) electrons. The van der Waals surface area contributed by atoms with Crippen molar-refractivity contribution in [2.45, 2.75) is 6.61 Å². The van der Waals surface area contributed by atoms with Gasteiger partial charge in [-0.2, -0.15) is 0 Å². The molecule has 0 fully saturated rings. The van der Waals surface area contributed by atoms with Crippen molar-refractivity contribution in [2.24, 2.45) is 5.73 Å². The zero-order valence-electron chi connectivity index (χ0n) is 11.8. The lowest BCUT2D eigenvalue weighted by Crippen LogP contribution is -2.15. The van der Waals surface area contributed by atoms with Crippen LogP contribution in [-0.2, 0) is 6.61 Å². The van der Waals surface area contributed by atoms with Crippen molar-refractivity contribution in [3.63, 3.8) is 0 Å². The summed E-state index contributed by atoms with van der Waals surface area (Å²) in [6.45, 7) is 0.261. The van der Waals surface area contributed by atoms with Crippen LogP contribution < -0.4 is 19.9 Å². The van der Waals surface area contributed by atoms with Gasteiger partial charge >= 0.3 is 0 Å². The van der Waals surface area contributed by atoms with Crippen molar-refractivity contribution >= 4 is 17.2 Å². The van der Waals surface area contributed by atoms with E-state index in [0.29, 0.717) is 22.9 Å². The summed E-state index contributed by atoms with van der Waals surface area (Å²) in [4.78, 5) is 4.40. The summed E-state index contributed by atoms with van der Waals surface area (Å²) in [5.74, 6) is 1.71. The van der Waals surface area contributed by atoms with Gasteiger partial charge in [0, 0.05) is 11.8 Å². The molecule has 0 unspecified atom stereocenters. The Kier molecular flexibility index (Phi) is 4.94. The van der Waals surface area contributed by atoms with Crippen LogP contribution in [0.1, 0.15) is 11.3 Å². The first kappa shape index (κ1) is 15.1. The van der Waals surface area contributed by atoms with Gasteiger partial charge in [-0.05, 0) is 18.2 Å². The van der Waals surface area contributed by atoms with Crippen LogP contribution in [0.25, 0.3) is 0 Å². The highest BCUT2D eigenvalue weighted by atomic mass is 32.1. The lowest BCUT2D eigenvalue weighted by atomic mass is 10.2. The Morgan fingerprint density at radius 2 is 1.81 bits per heavy atom. The van der Waals surface area contributed by atoms with E-state index in [1.165, 1.54) is 0 Å². The molecule has 0 aliphatic carbocycles. The van der Waals surface area contributed by atoms with Crippen molar-refractivity contribution in [1.82, 2.24) is 4.98 Å². The van der Waals surface area contributed by atoms with Gasteiger partial charge in [0.25, 0.3) is 0 Å². The van der Waals surface area contributed by atoms with Crippen LogP contribution in [0.2, 0.25) is 0 Å². The molecule has 0 aliphatic rings. The van der Waals surface area contributed by atoms with Crippen molar-refractivity contribution in [3.8, 4) is 17.2 Å². The molecule has 0 spiro atoms. The molecular formula is C15H16N2O3S. The molecular weight excluding hydrogens is 288 g/mol. The van der Waals surface area contributed by atoms with Gasteiger partial charge in [-0.15, -0.1) is 0 Å². The van der Waals surface area contributed by atoms with Crippen LogP contribution in [0.4, 0.5) is 0 Å². The molecule has 6 heteroatoms. The Morgan fingerprint density at radius 1 is 1.14 bits per heavy atom. The second-order valence-electron chi connectivity index (χ2n) is 4.16. The maximum absolute atomic E-state index is 5.82. The van der Waals surface area contributed by atoms with Gasteiger partial charge in [0.15, 0.2) is 11.5 Å². The fraction of sp³-hybridized carbons (Fsp3) is 0.200. The SMILES string of the molecule is COc1cccc(OC)c1OCc1cccnc1C(N)=S. The fourth-order valence-electron chi connectivity index (χ4n) is 1.89. The Hall–Kier alpha value is -2.34. The Balaban J connectivity index is 2.26. The minimum absolute atomic E-state index is 0.237. The maximum atomic E-state index is 5.82. The van der Waals surface area contributed by atoms with E-state index in [-0.39, 0.29) is 11.6 Å². The Morgan fingerprint density at radius 3 is 2.38 bits per heavy atom. The summed E-state index contributed by atoms with van der Waals surface area (Å²) in [6.07, 6.45) is 1.64. The monoisotopic (exact) mass is 304 g/mol. The van der Waals surface area contributed by atoms with Crippen LogP contribution in [0, 0.1) is 0 Å². The highest BCUT2D eigenvalue weighted by Gasteiger charge is 2.13. The largest absolute Gasteiger partial charge is 0.493 e. The van der Waals surface area contributed by atoms with E-state index in [1.807, 2.05) is 12.1 Å². The number of para-hydroxylation sites is 1. The minimum atomic E-state index is 0.237. The topological polar surface area (TPSA) is 66.6 Å². The van der Waals surface area contributed by atoms with E-state index in [0.717, 1.165) is 5.56 Å². The molecule has 1 aromatic heterocycles. The summed E-state index contributed by atoms with van der Waals surface area (Å²) in [7, 11) is 3.15. The number of rotatable bonds is 6. The van der Waals surface area contributed by atoms with Crippen LogP contribution in [0.3, 0.4) is 0 Å². The Labute approximate surface area is 128 Å². The maximum Gasteiger partial charge on any atom is 0.203 e. The molecule has 0 amide bonds. The van der Waals surface area contributed by atoms with Gasteiger partial charge < -0.3 is 19.9 Å². The average molecular weight is 304 g/mol. The standard InChI is InChI=1S/C15H16N2O3S/c1-18-11-6-3-7-12(19-2)14(11)20-9-10-5-4-8-17-13(10)15(16)21/h3-8H,9H2,1-2H3,(H2,16,21). The molecule has 0 aliphatic heterocycles. The highest BCUT2D eigenvalue weighted by Crippen LogP contribution is 2.37. The average Bonchev–Trinajstić information content (AvgIpc) is 2.52. The van der Waals surface area contributed by atoms with Gasteiger partial charge in [0.2, 0.25) is 5.75 Å². The van der Waals surface area contributed by atoms with E-state index < -0.39 is 0 Å². The van der Waals surface area contributed by atoms with Crippen molar-refractivity contribution in [1.29, 1.82) is 0 Å². The van der Waals surface area contributed by atoms with Crippen molar-refractivity contribution < 1.29 is 14.2 Å². The molecule has 0 bridgehead atoms. The molecule has 2 rings (SSSR count). The molecule has 0 saturated carbocycles. The Bertz CT molecular complexity index is 624. The molecule has 0 atom stereocenters. The molecule has 110 valence electrons. The first-order valence-electron chi connectivity index (χ1n) is 6.25. The van der Waals surface area contributed by atoms with Crippen LogP contribution >= 0.6 is 12.2 Å². The number of benzene rings is 1. The third-order valence-corrected chi connectivity index (χ3v) is 3.07. The molecule has 1 aromatic carbocycles. The zero-order chi connectivity index (χ0) is 15.2. The van der Waals surface area contributed by atoms with E-state index >= 15 is 0 Å². The number of nitrogens with two attached hydrogens (primary N) is 1. The third-order valence-electron chi connectivity index (χ3n) is 2.88. The van der Waals surface area contributed by atoms with Gasteiger partial charge in [-0.1, -0.05) is 24.4 Å². The molecule has 2 N–H and O–H groups in total. The number of thiocarbonyl (C=S) groups is 1. The lowest BCUT2D eigenvalue weighted by Gasteiger charge is -2.15. The highest BCUT2D eigenvalue weighted by molar-refractivity contribution is 7.80. The lowest BCUT2D eigenvalue weighted by molar-refractivity contribution is 0.265. The van der Waals surface area contributed by atoms with Crippen LogP contribution in [0.15, 0.2) is 36.5 Å². The predicted molar refractivity (Wildman–Crippen MR) is 84.0 cm³/mol. The van der Waals surface area contributed by atoms with Crippen molar-refractivity contribution in [2.75, 3.05) is 14.2 Å². The smallest absolute Gasteiger partial charge is 0.203 e. The van der Waals surface area contributed by atoms with Gasteiger partial charge in [-0.3, -0.25) is 4.98 Å². The summed E-state index contributed by atoms with van der Waals surface area (Å²) in [5.41, 5.74) is 7.02. The molecule has 1 heterocycles. The second-order valence-corrected chi connectivity index (χ2v) is 4.60. The van der Waals surface area contributed by atoms with Crippen LogP contribution in [0.5, 0.6) is 17.2 Å². The summed E-state index contributed by atoms with van der Waals surface area (Å²) >= 11 is 4.99. The van der Waals surface area contributed by atoms with E-state index in [2.05, 4.69) is 4.98 Å². The minimum Gasteiger partial charge on any atom is -0.493 e. The molecule has 2 aromatic rings. The van der Waals surface area contributed by atoms with E-state index in [9.17, 15) is 0 Å². The third kappa shape index (κ3) is 3.41. The van der Waals surface area contributed by atoms with E-state index in [1.54, 1.807) is 38.6 Å². The molecule has 21 heavy (non-hydrogen) atoms. The number of hydrogen-bond acceptors (Lipinski definition) is 5. The van der Waals surface area contributed by atoms with Gasteiger partial charge in [-0.25, -0.2) is 0 Å². The number of hydrogen-bond donors (Lipinski definition) is 1. The number of ether oxygens (including phenoxy) is 3. The molecule has 5 nitrogen and oxygen atoms in total. The normalized spacial score (nSPS) is 10.0. The van der Waals surface area contributed by atoms with Crippen molar-refractivity contribution in [3.05, 3.63) is 47.8 Å². The summed E-state index contributed by atoms with van der Waals surface area (Å²) in [6, 6.07) is 9.10. The zero-order valence-corrected chi connectivity index (χ0v) is 12.6. The first-order chi connectivity index (χ1) is 10.2. The van der Waals surface area contributed by atoms with Crippen LogP contribution in [-0.4, -0.2) is 24.2 Å². The summed E-state index contributed by atoms with van der Waals surface area (Å²) < 4.78 is 16.4. The van der Waals surface area contributed by atoms with Gasteiger partial charge in [0.1, 0.15) is 17.3 Å². The first-order valence-corrected chi connectivity index (χ1v) is 6.65. The van der Waals surface area contributed by atoms with Gasteiger partial charge in [0.05, 0.1) is 14.2 Å². The number of nitrogens with zero attached hydrogens (tertiary/aromatic N) is 1. The van der Waals surface area contributed by atoms with E-state index in [4.69, 9.17) is 32.2 Å². The second kappa shape index (κ2) is 6.90. The number of methoxy groups -OCH3 is 2. The molecule has 0 saturated heterocycles. The summed E-state index contributed by atoms with van der Waals surface area (Å²) in [5, 5.41) is 0. The number of pyridine rings is 1. The number of aromatic nitrogens is 1. The predicted octanol–water partition coefficient (Wildman–Crippen LogP) is 2.31. The fourth-order valence-corrected chi connectivity index (χ4v) is 2.07. The quantitative estimate of drug-likeness (QED) is 0.826.